The molecule has 0 aromatic heterocycles. The molecule has 7 heteroatoms. The van der Waals surface area contributed by atoms with Crippen molar-refractivity contribution in [3.63, 3.8) is 0 Å². The Hall–Kier alpha value is -1.25. The summed E-state index contributed by atoms with van der Waals surface area (Å²) in [6.07, 6.45) is 22.5. The summed E-state index contributed by atoms with van der Waals surface area (Å²) in [4.78, 5) is 0. The van der Waals surface area contributed by atoms with Crippen LogP contribution in [0.1, 0.15) is 110 Å². The molecule has 0 unspecified atom stereocenters. The fraction of sp³-hybridized carbons (Fsp3) is 0.600. The summed E-state index contributed by atoms with van der Waals surface area (Å²) in [5.41, 5.74) is 0. The van der Waals surface area contributed by atoms with Crippen LogP contribution in [0.2, 0.25) is 0 Å². The maximum atomic E-state index is 9.75. The number of ether oxygens (including phenoxy) is 1. The molecular formula is C30H46BF4IO. The van der Waals surface area contributed by atoms with Gasteiger partial charge in [0.2, 0.25) is 0 Å². The lowest BCUT2D eigenvalue weighted by Crippen LogP contribution is -3.61. The summed E-state index contributed by atoms with van der Waals surface area (Å²) in [5, 5.41) is 0. The van der Waals surface area contributed by atoms with Gasteiger partial charge in [-0.05, 0) is 42.8 Å². The van der Waals surface area contributed by atoms with Gasteiger partial charge in [-0.25, -0.2) is 0 Å². The van der Waals surface area contributed by atoms with E-state index in [4.69, 9.17) is 4.74 Å². The number of benzene rings is 2. The van der Waals surface area contributed by atoms with Crippen LogP contribution in [0.15, 0.2) is 54.6 Å². The van der Waals surface area contributed by atoms with E-state index in [-0.39, 0.29) is 21.2 Å². The van der Waals surface area contributed by atoms with Gasteiger partial charge in [0.05, 0.1) is 6.61 Å². The second kappa shape index (κ2) is 22.7. The lowest BCUT2D eigenvalue weighted by molar-refractivity contribution is -0.597. The first-order valence-electron chi connectivity index (χ1n) is 14.2. The minimum Gasteiger partial charge on any atom is -0.494 e. The van der Waals surface area contributed by atoms with Crippen LogP contribution in [-0.2, 0) is 0 Å². The fourth-order valence-electron chi connectivity index (χ4n) is 4.04. The molecule has 0 radical (unpaired) electrons. The van der Waals surface area contributed by atoms with Gasteiger partial charge in [0.1, 0.15) is 5.75 Å². The molecule has 0 aliphatic rings. The number of hydrogen-bond acceptors (Lipinski definition) is 1. The van der Waals surface area contributed by atoms with Crippen LogP contribution in [0.4, 0.5) is 17.3 Å². The van der Waals surface area contributed by atoms with E-state index in [0.29, 0.717) is 0 Å². The minimum absolute atomic E-state index is 0.0762. The monoisotopic (exact) mass is 636 g/mol. The van der Waals surface area contributed by atoms with Gasteiger partial charge in [-0.3, -0.25) is 0 Å². The van der Waals surface area contributed by atoms with E-state index in [2.05, 4.69) is 61.5 Å². The van der Waals surface area contributed by atoms with Crippen LogP contribution in [0.25, 0.3) is 0 Å². The third-order valence-corrected chi connectivity index (χ3v) is 8.72. The lowest BCUT2D eigenvalue weighted by Gasteiger charge is -2.06. The topological polar surface area (TPSA) is 9.23 Å². The quantitative estimate of drug-likeness (QED) is 0.0626. The normalized spacial score (nSPS) is 11.2. The van der Waals surface area contributed by atoms with E-state index in [9.17, 15) is 17.3 Å². The lowest BCUT2D eigenvalue weighted by atomic mass is 10.0. The Kier molecular flexibility index (Phi) is 20.7. The molecule has 0 spiro atoms. The third-order valence-electron chi connectivity index (χ3n) is 6.03. The van der Waals surface area contributed by atoms with E-state index in [1.165, 1.54) is 110 Å². The zero-order valence-electron chi connectivity index (χ0n) is 22.6. The number of unbranched alkanes of at least 4 members (excludes halogenated alkanes) is 15. The van der Waals surface area contributed by atoms with Gasteiger partial charge in [0, 0.05) is 0 Å². The van der Waals surface area contributed by atoms with Crippen LogP contribution in [0.5, 0.6) is 5.75 Å². The Morgan fingerprint density at radius 1 is 0.541 bits per heavy atom. The average Bonchev–Trinajstić information content (AvgIpc) is 2.86. The van der Waals surface area contributed by atoms with Gasteiger partial charge in [-0.1, -0.05) is 121 Å². The van der Waals surface area contributed by atoms with Crippen LogP contribution < -0.4 is 25.9 Å². The molecular weight excluding hydrogens is 590 g/mol. The van der Waals surface area contributed by atoms with Crippen LogP contribution >= 0.6 is 0 Å². The molecule has 0 aliphatic heterocycles. The summed E-state index contributed by atoms with van der Waals surface area (Å²) in [6.45, 7) is 3.15. The summed E-state index contributed by atoms with van der Waals surface area (Å²) in [7, 11) is -6.00. The van der Waals surface area contributed by atoms with E-state index < -0.39 is 7.25 Å². The minimum atomic E-state index is -6.00. The molecule has 0 fully saturated rings. The summed E-state index contributed by atoms with van der Waals surface area (Å²) >= 11 is -0.0762. The van der Waals surface area contributed by atoms with Crippen molar-refractivity contribution in [1.82, 2.24) is 0 Å². The van der Waals surface area contributed by atoms with Crippen molar-refractivity contribution in [3.8, 4) is 5.75 Å². The molecule has 210 valence electrons. The first-order valence-corrected chi connectivity index (χ1v) is 16.3. The standard InChI is InChI=1S/C30H46IO.BF4/c1-2-3-4-5-6-7-8-9-10-11-12-13-14-15-16-20-27-32-30-25-23-29(24-26-30)31-28-21-18-17-19-22-28;2-1(3,4)5/h17-19,21-26H,2-16,20,27H2,1H3;/q+1;-1. The third kappa shape index (κ3) is 23.6. The zero-order chi connectivity index (χ0) is 27.0. The average molecular weight is 636 g/mol. The smallest absolute Gasteiger partial charge is 0.494 e. The van der Waals surface area contributed by atoms with Crippen molar-refractivity contribution >= 4 is 7.25 Å². The maximum Gasteiger partial charge on any atom is 0.673 e. The van der Waals surface area contributed by atoms with E-state index in [1.807, 2.05) is 0 Å². The molecule has 0 N–H and O–H groups in total. The Morgan fingerprint density at radius 3 is 1.35 bits per heavy atom. The first kappa shape index (κ1) is 33.8. The highest BCUT2D eigenvalue weighted by molar-refractivity contribution is 6.50. The molecule has 0 saturated carbocycles. The molecule has 0 heterocycles. The molecule has 37 heavy (non-hydrogen) atoms. The molecule has 0 aliphatic carbocycles. The van der Waals surface area contributed by atoms with Gasteiger partial charge in [-0.2, -0.15) is 0 Å². The van der Waals surface area contributed by atoms with Crippen molar-refractivity contribution in [1.29, 1.82) is 0 Å². The SMILES string of the molecule is CCCCCCCCCCCCCCCCCCOc1ccc([I+]c2ccccc2)cc1.F[B-](F)(F)F. The van der Waals surface area contributed by atoms with Crippen molar-refractivity contribution in [2.75, 3.05) is 6.61 Å². The molecule has 0 atom stereocenters. The highest BCUT2D eigenvalue weighted by atomic mass is 127. The van der Waals surface area contributed by atoms with E-state index >= 15 is 0 Å². The highest BCUT2D eigenvalue weighted by Gasteiger charge is 2.20. The zero-order valence-corrected chi connectivity index (χ0v) is 24.7. The van der Waals surface area contributed by atoms with Gasteiger partial charge < -0.3 is 22.0 Å². The summed E-state index contributed by atoms with van der Waals surface area (Å²) in [6, 6.07) is 19.6. The Bertz CT molecular complexity index is 750. The fourth-order valence-corrected chi connectivity index (χ4v) is 6.25. The Balaban J connectivity index is 0.00000124. The molecule has 1 nitrogen and oxygen atoms in total. The summed E-state index contributed by atoms with van der Waals surface area (Å²) in [5.74, 6) is 1.02. The number of halogens is 5. The van der Waals surface area contributed by atoms with Crippen molar-refractivity contribution in [3.05, 3.63) is 61.7 Å². The first-order chi connectivity index (χ1) is 17.9. The second-order valence-corrected chi connectivity index (χ2v) is 12.5. The molecule has 2 aromatic rings. The van der Waals surface area contributed by atoms with E-state index in [0.717, 1.165) is 12.4 Å². The van der Waals surface area contributed by atoms with Crippen LogP contribution in [0, 0.1) is 7.14 Å². The van der Waals surface area contributed by atoms with Gasteiger partial charge in [0.25, 0.3) is 0 Å². The van der Waals surface area contributed by atoms with Crippen molar-refractivity contribution in [2.24, 2.45) is 0 Å². The summed E-state index contributed by atoms with van der Waals surface area (Å²) < 4.78 is 47.9. The van der Waals surface area contributed by atoms with Crippen LogP contribution in [-0.4, -0.2) is 13.9 Å². The number of rotatable bonds is 20. The largest absolute Gasteiger partial charge is 0.673 e. The Morgan fingerprint density at radius 2 is 0.919 bits per heavy atom. The molecule has 0 saturated heterocycles. The van der Waals surface area contributed by atoms with Gasteiger partial charge in [-0.15, -0.1) is 0 Å². The molecule has 2 rings (SSSR count). The highest BCUT2D eigenvalue weighted by Crippen LogP contribution is 2.14. The predicted octanol–water partition coefficient (Wildman–Crippen LogP) is 7.76. The van der Waals surface area contributed by atoms with Crippen LogP contribution in [0.3, 0.4) is 0 Å². The van der Waals surface area contributed by atoms with Crippen molar-refractivity contribution < 1.29 is 43.2 Å². The Labute approximate surface area is 233 Å². The van der Waals surface area contributed by atoms with E-state index in [1.54, 1.807) is 0 Å². The molecule has 2 aromatic carbocycles. The van der Waals surface area contributed by atoms with Gasteiger partial charge in [0.15, 0.2) is 7.14 Å². The maximum absolute atomic E-state index is 9.75. The second-order valence-electron chi connectivity index (χ2n) is 9.49. The molecule has 0 amide bonds. The number of hydrogen-bond donors (Lipinski definition) is 0. The van der Waals surface area contributed by atoms with Crippen molar-refractivity contribution in [2.45, 2.75) is 110 Å². The predicted molar refractivity (Wildman–Crippen MR) is 146 cm³/mol. The molecule has 0 bridgehead atoms. The van der Waals surface area contributed by atoms with Gasteiger partial charge >= 0.3 is 28.5 Å².